The summed E-state index contributed by atoms with van der Waals surface area (Å²) >= 11 is 0. The monoisotopic (exact) mass is 523 g/mol. The van der Waals surface area contributed by atoms with Crippen molar-refractivity contribution in [3.05, 3.63) is 125 Å². The van der Waals surface area contributed by atoms with Crippen LogP contribution in [-0.4, -0.2) is 19.5 Å². The molecule has 4 atom stereocenters. The summed E-state index contributed by atoms with van der Waals surface area (Å²) in [6, 6.07) is 36.4. The topological polar surface area (TPSA) is 62.2 Å². The first-order chi connectivity index (χ1) is 19.4. The molecule has 2 aliphatic carbocycles. The van der Waals surface area contributed by atoms with E-state index in [1.54, 1.807) is 0 Å². The molecule has 2 bridgehead atoms. The van der Waals surface area contributed by atoms with Crippen molar-refractivity contribution in [3.8, 4) is 11.1 Å². The molecule has 4 aromatic rings. The Bertz CT molecular complexity index is 1510. The van der Waals surface area contributed by atoms with Crippen molar-refractivity contribution >= 4 is 25.0 Å². The van der Waals surface area contributed by atoms with Crippen LogP contribution in [0.25, 0.3) is 11.1 Å². The molecule has 0 amide bonds. The van der Waals surface area contributed by atoms with E-state index in [9.17, 15) is 0 Å². The Morgan fingerprint density at radius 1 is 0.775 bits per heavy atom. The molecule has 3 nitrogen and oxygen atoms in total. The molecule has 0 aromatic heterocycles. The van der Waals surface area contributed by atoms with E-state index >= 15 is 0 Å². The van der Waals surface area contributed by atoms with E-state index in [4.69, 9.17) is 11.1 Å². The number of rotatable bonds is 5. The molecule has 200 valence electrons. The molecule has 0 heterocycles. The van der Waals surface area contributed by atoms with Gasteiger partial charge in [0, 0.05) is 16.5 Å². The van der Waals surface area contributed by atoms with Crippen molar-refractivity contribution in [1.82, 2.24) is 0 Å². The van der Waals surface area contributed by atoms with Gasteiger partial charge in [0.25, 0.3) is 0 Å². The first-order valence-corrected chi connectivity index (χ1v) is 14.7. The van der Waals surface area contributed by atoms with Crippen LogP contribution in [0.3, 0.4) is 0 Å². The number of nitrogens with zero attached hydrogens (tertiary/aromatic N) is 1. The molecule has 2 fully saturated rings. The molecule has 2 saturated carbocycles. The maximum atomic E-state index is 8.45. The smallest absolute Gasteiger partial charge is 0.154 e. The Kier molecular flexibility index (Phi) is 7.19. The average Bonchev–Trinajstić information content (AvgIpc) is 2.99. The van der Waals surface area contributed by atoms with Gasteiger partial charge in [0.05, 0.1) is 0 Å². The summed E-state index contributed by atoms with van der Waals surface area (Å²) in [5.74, 6) is 2.71. The fourth-order valence-corrected chi connectivity index (χ4v) is 7.66. The van der Waals surface area contributed by atoms with E-state index in [0.29, 0.717) is 17.7 Å². The fourth-order valence-electron chi connectivity index (χ4n) is 7.66. The zero-order chi connectivity index (χ0) is 27.7. The Labute approximate surface area is 239 Å². The molecular formula is C36H38BN3. The molecule has 4 aromatic carbocycles. The van der Waals surface area contributed by atoms with Gasteiger partial charge in [-0.25, -0.2) is 4.99 Å². The predicted molar refractivity (Wildman–Crippen MR) is 171 cm³/mol. The lowest BCUT2D eigenvalue weighted by Crippen LogP contribution is -2.49. The van der Waals surface area contributed by atoms with Crippen molar-refractivity contribution in [1.29, 1.82) is 5.41 Å². The van der Waals surface area contributed by atoms with Gasteiger partial charge in [-0.2, -0.15) is 0 Å². The van der Waals surface area contributed by atoms with Gasteiger partial charge in [-0.15, -0.1) is 0 Å². The predicted octanol–water partition coefficient (Wildman–Crippen LogP) is 6.48. The SMILES string of the molecule is Bc1ccc(C2(c3ccc(-c4ccc(C(=N)/N=C(\N)c5ccccc5)cc4)cc3)C(C)CC3CCCC2C3)cc1. The van der Waals surface area contributed by atoms with Crippen LogP contribution in [0.1, 0.15) is 61.3 Å². The minimum Gasteiger partial charge on any atom is -0.383 e. The van der Waals surface area contributed by atoms with Gasteiger partial charge < -0.3 is 5.73 Å². The number of aliphatic imine (C=N–C) groups is 1. The number of nitrogens with two attached hydrogens (primary N) is 1. The van der Waals surface area contributed by atoms with E-state index in [1.807, 2.05) is 42.5 Å². The second-order valence-electron chi connectivity index (χ2n) is 12.0. The second-order valence-corrected chi connectivity index (χ2v) is 12.0. The lowest BCUT2D eigenvalue weighted by Gasteiger charge is -2.54. The second kappa shape index (κ2) is 10.9. The number of amidine groups is 2. The number of fused-ring (bicyclic) bond motifs is 2. The van der Waals surface area contributed by atoms with Crippen LogP contribution in [0.2, 0.25) is 0 Å². The highest BCUT2D eigenvalue weighted by Gasteiger charge is 2.51. The first-order valence-electron chi connectivity index (χ1n) is 14.7. The van der Waals surface area contributed by atoms with E-state index in [-0.39, 0.29) is 11.3 Å². The van der Waals surface area contributed by atoms with Crippen molar-refractivity contribution in [2.24, 2.45) is 28.5 Å². The van der Waals surface area contributed by atoms with Crippen LogP contribution in [0, 0.1) is 23.2 Å². The molecular weight excluding hydrogens is 485 g/mol. The van der Waals surface area contributed by atoms with Crippen LogP contribution in [0.15, 0.2) is 108 Å². The summed E-state index contributed by atoms with van der Waals surface area (Å²) in [5.41, 5.74) is 14.4. The first kappa shape index (κ1) is 26.3. The van der Waals surface area contributed by atoms with Crippen molar-refractivity contribution in [2.45, 2.75) is 44.4 Å². The van der Waals surface area contributed by atoms with Gasteiger partial charge in [0.1, 0.15) is 13.7 Å². The highest BCUT2D eigenvalue weighted by molar-refractivity contribution is 6.32. The minimum absolute atomic E-state index is 0.0682. The molecule has 3 N–H and O–H groups in total. The minimum atomic E-state index is 0.0682. The molecule has 4 heteroatoms. The van der Waals surface area contributed by atoms with Crippen LogP contribution >= 0.6 is 0 Å². The summed E-state index contributed by atoms with van der Waals surface area (Å²) in [5, 5.41) is 8.45. The van der Waals surface area contributed by atoms with Gasteiger partial charge in [0.2, 0.25) is 0 Å². The van der Waals surface area contributed by atoms with Gasteiger partial charge in [-0.1, -0.05) is 128 Å². The van der Waals surface area contributed by atoms with Gasteiger partial charge >= 0.3 is 0 Å². The number of hydrogen-bond donors (Lipinski definition) is 2. The molecule has 6 rings (SSSR count). The van der Waals surface area contributed by atoms with Crippen molar-refractivity contribution in [2.75, 3.05) is 0 Å². The largest absolute Gasteiger partial charge is 0.383 e. The quantitative estimate of drug-likeness (QED) is 0.176. The zero-order valence-electron chi connectivity index (χ0n) is 23.6. The van der Waals surface area contributed by atoms with Crippen LogP contribution in [0.4, 0.5) is 0 Å². The summed E-state index contributed by atoms with van der Waals surface area (Å²) in [4.78, 5) is 4.34. The lowest BCUT2D eigenvalue weighted by atomic mass is 9.49. The average molecular weight is 524 g/mol. The molecule has 0 spiro atoms. The van der Waals surface area contributed by atoms with E-state index in [2.05, 4.69) is 80.4 Å². The Balaban J connectivity index is 1.29. The Morgan fingerprint density at radius 3 is 2.02 bits per heavy atom. The number of benzene rings is 4. The van der Waals surface area contributed by atoms with Gasteiger partial charge in [-0.3, -0.25) is 5.41 Å². The summed E-state index contributed by atoms with van der Waals surface area (Å²) in [6.07, 6.45) is 6.75. The molecule has 0 aliphatic heterocycles. The zero-order valence-corrected chi connectivity index (χ0v) is 23.6. The molecule has 2 aliphatic rings. The summed E-state index contributed by atoms with van der Waals surface area (Å²) in [6.45, 7) is 2.50. The standard InChI is InChI=1S/C36H38BN3/c1-24-22-25-6-5-9-32(23-25)36(24,31-18-20-33(37)21-19-31)30-16-14-27(15-17-30)26-10-12-29(13-11-26)35(39)40-34(38)28-7-3-2-4-8-28/h2-4,7-8,10-21,24-25,32H,5-6,9,22-23,37H2,1H3,(H3,38,39,40). The molecule has 0 radical (unpaired) electrons. The highest BCUT2D eigenvalue weighted by atomic mass is 14.9. The van der Waals surface area contributed by atoms with Crippen LogP contribution in [-0.2, 0) is 5.41 Å². The number of nitrogens with one attached hydrogen (secondary N) is 1. The van der Waals surface area contributed by atoms with Gasteiger partial charge in [0.15, 0.2) is 5.84 Å². The van der Waals surface area contributed by atoms with Crippen LogP contribution in [0.5, 0.6) is 0 Å². The third kappa shape index (κ3) is 4.81. The fraction of sp³-hybridized carbons (Fsp3) is 0.278. The van der Waals surface area contributed by atoms with Crippen molar-refractivity contribution in [3.63, 3.8) is 0 Å². The molecule has 0 saturated heterocycles. The maximum absolute atomic E-state index is 8.45. The maximum Gasteiger partial charge on any atom is 0.154 e. The molecule has 4 unspecified atom stereocenters. The normalized spacial score (nSPS) is 24.4. The third-order valence-corrected chi connectivity index (χ3v) is 9.58. The summed E-state index contributed by atoms with van der Waals surface area (Å²) in [7, 11) is 2.18. The van der Waals surface area contributed by atoms with E-state index in [0.717, 1.165) is 22.6 Å². The van der Waals surface area contributed by atoms with Crippen LogP contribution < -0.4 is 11.2 Å². The van der Waals surface area contributed by atoms with Gasteiger partial charge in [-0.05, 0) is 59.3 Å². The summed E-state index contributed by atoms with van der Waals surface area (Å²) < 4.78 is 0. The Morgan fingerprint density at radius 2 is 1.38 bits per heavy atom. The highest BCUT2D eigenvalue weighted by Crippen LogP contribution is 2.57. The molecule has 40 heavy (non-hydrogen) atoms. The lowest BCUT2D eigenvalue weighted by molar-refractivity contribution is 0.0642. The van der Waals surface area contributed by atoms with E-state index < -0.39 is 0 Å². The third-order valence-electron chi connectivity index (χ3n) is 9.58. The van der Waals surface area contributed by atoms with E-state index in [1.165, 1.54) is 54.3 Å². The Hall–Kier alpha value is -3.92. The van der Waals surface area contributed by atoms with Crippen molar-refractivity contribution < 1.29 is 0 Å². The number of hydrogen-bond acceptors (Lipinski definition) is 1.